The van der Waals surface area contributed by atoms with Gasteiger partial charge in [-0.05, 0) is 52.5 Å². The Hall–Kier alpha value is -1.69. The molecular formula is C16H18BrFN2O2. The van der Waals surface area contributed by atoms with Crippen LogP contribution in [0.1, 0.15) is 24.5 Å². The molecule has 1 N–H and O–H groups in total. The molecule has 4 nitrogen and oxygen atoms in total. The Labute approximate surface area is 137 Å². The van der Waals surface area contributed by atoms with E-state index in [1.54, 1.807) is 11.0 Å². The highest BCUT2D eigenvalue weighted by Gasteiger charge is 2.28. The van der Waals surface area contributed by atoms with Crippen LogP contribution in [0.25, 0.3) is 0 Å². The molecule has 0 saturated carbocycles. The van der Waals surface area contributed by atoms with Crippen molar-refractivity contribution in [1.82, 2.24) is 10.2 Å². The van der Waals surface area contributed by atoms with Gasteiger partial charge in [-0.15, -0.1) is 0 Å². The minimum atomic E-state index is -0.320. The number of amides is 2. The predicted octanol–water partition coefficient (Wildman–Crippen LogP) is 2.55. The molecule has 1 aromatic rings. The number of nitrogens with zero attached hydrogens (tertiary/aromatic N) is 1. The molecule has 118 valence electrons. The fourth-order valence-corrected chi connectivity index (χ4v) is 3.10. The molecule has 0 bridgehead atoms. The van der Waals surface area contributed by atoms with Gasteiger partial charge in [-0.2, -0.15) is 0 Å². The van der Waals surface area contributed by atoms with Crippen molar-refractivity contribution in [2.24, 2.45) is 0 Å². The van der Waals surface area contributed by atoms with Crippen LogP contribution in [0.3, 0.4) is 0 Å². The molecule has 1 heterocycles. The molecule has 1 aliphatic heterocycles. The van der Waals surface area contributed by atoms with Crippen LogP contribution in [-0.2, 0) is 22.6 Å². The maximum atomic E-state index is 13.7. The van der Waals surface area contributed by atoms with Gasteiger partial charge in [-0.1, -0.05) is 12.6 Å². The van der Waals surface area contributed by atoms with Gasteiger partial charge in [0.05, 0.1) is 4.47 Å². The second-order valence-corrected chi connectivity index (χ2v) is 6.11. The Morgan fingerprint density at radius 1 is 1.55 bits per heavy atom. The molecule has 1 atom stereocenters. The van der Waals surface area contributed by atoms with Crippen LogP contribution in [0.2, 0.25) is 0 Å². The van der Waals surface area contributed by atoms with Crippen molar-refractivity contribution in [3.05, 3.63) is 46.2 Å². The zero-order chi connectivity index (χ0) is 16.3. The molecule has 0 aliphatic carbocycles. The van der Waals surface area contributed by atoms with E-state index in [1.807, 2.05) is 6.92 Å². The lowest BCUT2D eigenvalue weighted by molar-refractivity contribution is -0.134. The van der Waals surface area contributed by atoms with Gasteiger partial charge in [0.1, 0.15) is 5.82 Å². The van der Waals surface area contributed by atoms with E-state index in [9.17, 15) is 14.0 Å². The van der Waals surface area contributed by atoms with Crippen LogP contribution in [0, 0.1) is 5.82 Å². The average molecular weight is 369 g/mol. The number of halogens is 2. The van der Waals surface area contributed by atoms with Gasteiger partial charge in [0.25, 0.3) is 0 Å². The first-order valence-corrected chi connectivity index (χ1v) is 7.88. The van der Waals surface area contributed by atoms with Crippen molar-refractivity contribution < 1.29 is 14.0 Å². The van der Waals surface area contributed by atoms with Gasteiger partial charge in [-0.3, -0.25) is 9.59 Å². The average Bonchev–Trinajstić information content (AvgIpc) is 2.50. The minimum absolute atomic E-state index is 0.0486. The molecule has 22 heavy (non-hydrogen) atoms. The molecule has 0 spiro atoms. The van der Waals surface area contributed by atoms with Gasteiger partial charge in [0, 0.05) is 25.6 Å². The van der Waals surface area contributed by atoms with Crippen molar-refractivity contribution >= 4 is 27.7 Å². The van der Waals surface area contributed by atoms with Gasteiger partial charge >= 0.3 is 0 Å². The van der Waals surface area contributed by atoms with E-state index in [1.165, 1.54) is 12.1 Å². The molecule has 0 aromatic heterocycles. The topological polar surface area (TPSA) is 49.4 Å². The molecule has 1 aromatic carbocycles. The van der Waals surface area contributed by atoms with E-state index in [-0.39, 0.29) is 36.6 Å². The summed E-state index contributed by atoms with van der Waals surface area (Å²) < 4.78 is 14.1. The van der Waals surface area contributed by atoms with Gasteiger partial charge in [-0.25, -0.2) is 4.39 Å². The highest BCUT2D eigenvalue weighted by Crippen LogP contribution is 2.31. The number of carbonyl (C=O) groups excluding carboxylic acids is 2. The smallest absolute Gasteiger partial charge is 0.243 e. The first-order chi connectivity index (χ1) is 10.4. The summed E-state index contributed by atoms with van der Waals surface area (Å²) in [6.07, 6.45) is 2.08. The number of rotatable bonds is 4. The normalized spacial score (nSPS) is 16.9. The second-order valence-electron chi connectivity index (χ2n) is 5.32. The Balaban J connectivity index is 2.06. The lowest BCUT2D eigenvalue weighted by Crippen LogP contribution is -2.43. The zero-order valence-corrected chi connectivity index (χ0v) is 14.0. The Morgan fingerprint density at radius 3 is 2.95 bits per heavy atom. The van der Waals surface area contributed by atoms with E-state index in [0.717, 1.165) is 11.1 Å². The highest BCUT2D eigenvalue weighted by atomic mass is 79.9. The van der Waals surface area contributed by atoms with Crippen molar-refractivity contribution in [3.63, 3.8) is 0 Å². The predicted molar refractivity (Wildman–Crippen MR) is 85.6 cm³/mol. The molecule has 1 unspecified atom stereocenters. The molecular weight excluding hydrogens is 351 g/mol. The lowest BCUT2D eigenvalue weighted by atomic mass is 9.94. The summed E-state index contributed by atoms with van der Waals surface area (Å²) in [5.41, 5.74) is 1.88. The van der Waals surface area contributed by atoms with E-state index in [0.29, 0.717) is 17.4 Å². The van der Waals surface area contributed by atoms with Crippen LogP contribution >= 0.6 is 15.9 Å². The van der Waals surface area contributed by atoms with Crippen molar-refractivity contribution in [2.45, 2.75) is 32.4 Å². The number of carbonyl (C=O) groups is 2. The molecule has 0 fully saturated rings. The lowest BCUT2D eigenvalue weighted by Gasteiger charge is -2.35. The summed E-state index contributed by atoms with van der Waals surface area (Å²) in [5.74, 6) is -0.674. The maximum Gasteiger partial charge on any atom is 0.243 e. The number of hydrogen-bond acceptors (Lipinski definition) is 2. The molecule has 0 saturated heterocycles. The molecule has 6 heteroatoms. The largest absolute Gasteiger partial charge is 0.352 e. The molecule has 0 radical (unpaired) electrons. The monoisotopic (exact) mass is 368 g/mol. The zero-order valence-electron chi connectivity index (χ0n) is 12.4. The molecule has 2 rings (SSSR count). The fourth-order valence-electron chi connectivity index (χ4n) is 2.59. The summed E-state index contributed by atoms with van der Waals surface area (Å²) in [6, 6.07) is 3.27. The summed E-state index contributed by atoms with van der Waals surface area (Å²) in [5, 5.41) is 2.58. The minimum Gasteiger partial charge on any atom is -0.352 e. The van der Waals surface area contributed by atoms with E-state index in [4.69, 9.17) is 0 Å². The summed E-state index contributed by atoms with van der Waals surface area (Å²) in [6.45, 7) is 5.97. The second kappa shape index (κ2) is 7.05. The van der Waals surface area contributed by atoms with Gasteiger partial charge in [0.2, 0.25) is 11.8 Å². The van der Waals surface area contributed by atoms with Crippen LogP contribution in [0.5, 0.6) is 0 Å². The third kappa shape index (κ3) is 3.55. The molecule has 1 aliphatic rings. The number of fused-ring (bicyclic) bond motifs is 1. The standard InChI is InChI=1S/C16H18BrFN2O2/c1-3-14(21)19-7-6-15(22)20-9-12-11(8-10(20)2)4-5-13(18)16(12)17/h3-5,10H,1,6-9H2,2H3,(H,19,21). The van der Waals surface area contributed by atoms with Crippen LogP contribution in [0.15, 0.2) is 29.3 Å². The Morgan fingerprint density at radius 2 is 2.27 bits per heavy atom. The molecule has 2 amide bonds. The van der Waals surface area contributed by atoms with Crippen LogP contribution in [-0.4, -0.2) is 29.3 Å². The van der Waals surface area contributed by atoms with Gasteiger partial charge < -0.3 is 10.2 Å². The summed E-state index contributed by atoms with van der Waals surface area (Å²) in [4.78, 5) is 25.1. The summed E-state index contributed by atoms with van der Waals surface area (Å²) >= 11 is 3.26. The quantitative estimate of drug-likeness (QED) is 0.830. The fraction of sp³-hybridized carbons (Fsp3) is 0.375. The van der Waals surface area contributed by atoms with Crippen molar-refractivity contribution in [3.8, 4) is 0 Å². The van der Waals surface area contributed by atoms with Crippen molar-refractivity contribution in [1.29, 1.82) is 0 Å². The van der Waals surface area contributed by atoms with Crippen LogP contribution < -0.4 is 5.32 Å². The number of benzene rings is 1. The Bertz CT molecular complexity index is 618. The third-order valence-electron chi connectivity index (χ3n) is 3.81. The summed E-state index contributed by atoms with van der Waals surface area (Å²) in [7, 11) is 0. The van der Waals surface area contributed by atoms with Gasteiger partial charge in [0.15, 0.2) is 0 Å². The van der Waals surface area contributed by atoms with Crippen molar-refractivity contribution in [2.75, 3.05) is 6.54 Å². The Kier molecular flexibility index (Phi) is 5.34. The SMILES string of the molecule is C=CC(=O)NCCC(=O)N1Cc2c(ccc(F)c2Br)CC1C. The van der Waals surface area contributed by atoms with E-state index < -0.39 is 0 Å². The number of nitrogens with one attached hydrogen (secondary N) is 1. The maximum absolute atomic E-state index is 13.7. The highest BCUT2D eigenvalue weighted by molar-refractivity contribution is 9.10. The first kappa shape index (κ1) is 16.7. The van der Waals surface area contributed by atoms with Crippen LogP contribution in [0.4, 0.5) is 4.39 Å². The third-order valence-corrected chi connectivity index (χ3v) is 4.67. The van der Waals surface area contributed by atoms with E-state index in [2.05, 4.69) is 27.8 Å². The first-order valence-electron chi connectivity index (χ1n) is 7.09. The van der Waals surface area contributed by atoms with E-state index >= 15 is 0 Å². The number of hydrogen-bond donors (Lipinski definition) is 1.